The van der Waals surface area contributed by atoms with Gasteiger partial charge in [0.05, 0.1) is 11.6 Å². The number of carbonyl (C=O) groups excluding carboxylic acids is 1. The van der Waals surface area contributed by atoms with Gasteiger partial charge < -0.3 is 10.6 Å². The maximum absolute atomic E-state index is 13.0. The maximum atomic E-state index is 13.0. The van der Waals surface area contributed by atoms with E-state index in [0.717, 1.165) is 6.42 Å². The van der Waals surface area contributed by atoms with E-state index in [4.69, 9.17) is 5.73 Å². The molecule has 0 fully saturated rings. The first-order valence-electron chi connectivity index (χ1n) is 9.91. The highest BCUT2D eigenvalue weighted by molar-refractivity contribution is 6.05. The molecule has 0 aliphatic carbocycles. The van der Waals surface area contributed by atoms with Crippen LogP contribution in [0.25, 0.3) is 6.08 Å². The van der Waals surface area contributed by atoms with E-state index in [0.29, 0.717) is 24.1 Å². The number of nitrogens with zero attached hydrogens (tertiary/aromatic N) is 3. The molecule has 2 rings (SSSR count). The number of hydrogen-bond donors (Lipinski definition) is 2. The van der Waals surface area contributed by atoms with Gasteiger partial charge >= 0.3 is 5.69 Å². The van der Waals surface area contributed by atoms with Crippen LogP contribution in [0, 0.1) is 17.2 Å². The second kappa shape index (κ2) is 10.3. The lowest BCUT2D eigenvalue weighted by molar-refractivity contribution is -0.114. The Morgan fingerprint density at radius 3 is 2.67 bits per heavy atom. The Morgan fingerprint density at radius 2 is 2.03 bits per heavy atom. The van der Waals surface area contributed by atoms with Gasteiger partial charge in [-0.3, -0.25) is 19.1 Å². The van der Waals surface area contributed by atoms with E-state index in [-0.39, 0.29) is 24.0 Å². The quantitative estimate of drug-likeness (QED) is 0.648. The number of nitriles is 1. The van der Waals surface area contributed by atoms with Crippen molar-refractivity contribution in [2.75, 3.05) is 17.2 Å². The Bertz CT molecular complexity index is 1090. The Hall–Kier alpha value is -3.60. The molecule has 1 amide bonds. The normalized spacial score (nSPS) is 11.0. The number of amides is 1. The largest absolute Gasteiger partial charge is 0.383 e. The summed E-state index contributed by atoms with van der Waals surface area (Å²) in [6.07, 6.45) is 4.39. The minimum Gasteiger partial charge on any atom is -0.383 e. The van der Waals surface area contributed by atoms with Gasteiger partial charge in [0.2, 0.25) is 0 Å². The fourth-order valence-corrected chi connectivity index (χ4v) is 3.03. The van der Waals surface area contributed by atoms with Crippen LogP contribution in [0.1, 0.15) is 44.7 Å². The van der Waals surface area contributed by atoms with Crippen LogP contribution in [0.4, 0.5) is 11.5 Å². The maximum Gasteiger partial charge on any atom is 0.330 e. The number of aromatic nitrogens is 2. The van der Waals surface area contributed by atoms with E-state index in [2.05, 4.69) is 11.1 Å². The topological polar surface area (TPSA) is 125 Å². The van der Waals surface area contributed by atoms with Crippen LogP contribution in [-0.2, 0) is 11.3 Å². The van der Waals surface area contributed by atoms with Gasteiger partial charge in [0.25, 0.3) is 11.5 Å². The first-order chi connectivity index (χ1) is 14.3. The summed E-state index contributed by atoms with van der Waals surface area (Å²) in [6.45, 7) is 6.38. The number of hydrogen-bond acceptors (Lipinski definition) is 5. The van der Waals surface area contributed by atoms with Crippen LogP contribution in [0.15, 0.2) is 39.9 Å². The molecule has 8 nitrogen and oxygen atoms in total. The number of nitrogen functional groups attached to an aromatic ring is 1. The molecular weight excluding hydrogens is 382 g/mol. The average molecular weight is 409 g/mol. The predicted molar refractivity (Wildman–Crippen MR) is 118 cm³/mol. The van der Waals surface area contributed by atoms with Crippen LogP contribution >= 0.6 is 0 Å². The number of unbranched alkanes of at least 4 members (excludes halogenated alkanes) is 1. The van der Waals surface area contributed by atoms with E-state index in [9.17, 15) is 19.6 Å². The number of rotatable bonds is 8. The number of aromatic amines is 1. The predicted octanol–water partition coefficient (Wildman–Crippen LogP) is 2.49. The summed E-state index contributed by atoms with van der Waals surface area (Å²) in [6, 6.07) is 8.96. The molecule has 0 radical (unpaired) electrons. The molecule has 0 aliphatic rings. The number of anilines is 2. The molecule has 0 atom stereocenters. The number of nitrogens with one attached hydrogen (secondary N) is 1. The first-order valence-corrected chi connectivity index (χ1v) is 9.91. The van der Waals surface area contributed by atoms with E-state index in [1.54, 1.807) is 24.3 Å². The molecule has 2 aromatic rings. The Balaban J connectivity index is 2.51. The Kier molecular flexibility index (Phi) is 7.76. The van der Waals surface area contributed by atoms with E-state index < -0.39 is 17.2 Å². The third kappa shape index (κ3) is 5.26. The molecule has 0 unspecified atom stereocenters. The van der Waals surface area contributed by atoms with Gasteiger partial charge in [0.15, 0.2) is 5.69 Å². The molecule has 30 heavy (non-hydrogen) atoms. The molecule has 1 aromatic carbocycles. The average Bonchev–Trinajstić information content (AvgIpc) is 2.70. The fraction of sp³-hybridized carbons (Fsp3) is 0.364. The lowest BCUT2D eigenvalue weighted by atomic mass is 10.1. The third-order valence-electron chi connectivity index (χ3n) is 4.52. The summed E-state index contributed by atoms with van der Waals surface area (Å²) < 4.78 is 1.29. The lowest BCUT2D eigenvalue weighted by Gasteiger charge is -2.25. The molecule has 0 aliphatic heterocycles. The molecule has 0 saturated heterocycles. The van der Waals surface area contributed by atoms with Crippen molar-refractivity contribution in [3.05, 3.63) is 62.3 Å². The minimum absolute atomic E-state index is 0.0305. The van der Waals surface area contributed by atoms with Gasteiger partial charge in [0.1, 0.15) is 5.82 Å². The van der Waals surface area contributed by atoms with Crippen molar-refractivity contribution in [1.82, 2.24) is 9.55 Å². The van der Waals surface area contributed by atoms with Crippen LogP contribution < -0.4 is 21.9 Å². The SMILES string of the molecule is CCCCn1c(N)c(N(CC(C)C)C(=O)/C=C/c2ccccc2C#N)c(=O)[nH]c1=O. The molecule has 1 heterocycles. The second-order valence-corrected chi connectivity index (χ2v) is 7.37. The number of benzene rings is 1. The van der Waals surface area contributed by atoms with Crippen LogP contribution in [-0.4, -0.2) is 22.0 Å². The lowest BCUT2D eigenvalue weighted by Crippen LogP contribution is -2.42. The molecule has 0 saturated carbocycles. The first kappa shape index (κ1) is 22.7. The van der Waals surface area contributed by atoms with Crippen molar-refractivity contribution in [2.45, 2.75) is 40.2 Å². The van der Waals surface area contributed by atoms with E-state index in [1.165, 1.54) is 21.6 Å². The van der Waals surface area contributed by atoms with Crippen molar-refractivity contribution in [3.8, 4) is 6.07 Å². The van der Waals surface area contributed by atoms with Gasteiger partial charge in [-0.2, -0.15) is 5.26 Å². The summed E-state index contributed by atoms with van der Waals surface area (Å²) in [5, 5.41) is 9.22. The minimum atomic E-state index is -0.704. The van der Waals surface area contributed by atoms with Crippen LogP contribution in [0.3, 0.4) is 0 Å². The Labute approximate surface area is 175 Å². The smallest absolute Gasteiger partial charge is 0.330 e. The summed E-state index contributed by atoms with van der Waals surface area (Å²) in [5.74, 6) is -0.449. The van der Waals surface area contributed by atoms with E-state index >= 15 is 0 Å². The molecule has 158 valence electrons. The summed E-state index contributed by atoms with van der Waals surface area (Å²) >= 11 is 0. The molecule has 8 heteroatoms. The summed E-state index contributed by atoms with van der Waals surface area (Å²) in [7, 11) is 0. The van der Waals surface area contributed by atoms with Crippen molar-refractivity contribution >= 4 is 23.5 Å². The molecule has 1 aromatic heterocycles. The standard InChI is InChI=1S/C22H27N5O3/c1-4-5-12-26-20(24)19(21(29)25-22(26)30)27(14-15(2)3)18(28)11-10-16-8-6-7-9-17(16)13-23/h6-11,15H,4-5,12,14,24H2,1-3H3,(H,25,29,30)/b11-10+. The Morgan fingerprint density at radius 1 is 1.33 bits per heavy atom. The van der Waals surface area contributed by atoms with Gasteiger partial charge in [-0.25, -0.2) is 4.79 Å². The van der Waals surface area contributed by atoms with Gasteiger partial charge in [-0.1, -0.05) is 45.4 Å². The highest BCUT2D eigenvalue weighted by Gasteiger charge is 2.23. The van der Waals surface area contributed by atoms with Crippen LogP contribution in [0.5, 0.6) is 0 Å². The second-order valence-electron chi connectivity index (χ2n) is 7.37. The molecule has 3 N–H and O–H groups in total. The number of nitrogens with two attached hydrogens (primary N) is 1. The highest BCUT2D eigenvalue weighted by atomic mass is 16.2. The zero-order valence-electron chi connectivity index (χ0n) is 17.5. The zero-order chi connectivity index (χ0) is 22.3. The zero-order valence-corrected chi connectivity index (χ0v) is 17.5. The summed E-state index contributed by atoms with van der Waals surface area (Å²) in [4.78, 5) is 41.4. The van der Waals surface area contributed by atoms with Gasteiger partial charge in [0, 0.05) is 19.2 Å². The molecule has 0 bridgehead atoms. The fourth-order valence-electron chi connectivity index (χ4n) is 3.03. The van der Waals surface area contributed by atoms with Gasteiger partial charge in [-0.15, -0.1) is 0 Å². The van der Waals surface area contributed by atoms with Gasteiger partial charge in [-0.05, 0) is 30.0 Å². The monoisotopic (exact) mass is 409 g/mol. The van der Waals surface area contributed by atoms with Crippen molar-refractivity contribution in [3.63, 3.8) is 0 Å². The summed E-state index contributed by atoms with van der Waals surface area (Å²) in [5.41, 5.74) is 5.86. The van der Waals surface area contributed by atoms with Crippen molar-refractivity contribution in [1.29, 1.82) is 5.26 Å². The molecule has 0 spiro atoms. The third-order valence-corrected chi connectivity index (χ3v) is 4.52. The van der Waals surface area contributed by atoms with Crippen molar-refractivity contribution < 1.29 is 4.79 Å². The number of H-pyrrole nitrogens is 1. The molecular formula is C22H27N5O3. The highest BCUT2D eigenvalue weighted by Crippen LogP contribution is 2.20. The van der Waals surface area contributed by atoms with Crippen LogP contribution in [0.2, 0.25) is 0 Å². The van der Waals surface area contributed by atoms with E-state index in [1.807, 2.05) is 20.8 Å². The van der Waals surface area contributed by atoms with Crippen molar-refractivity contribution in [2.24, 2.45) is 5.92 Å². The number of carbonyl (C=O) groups is 1.